The van der Waals surface area contributed by atoms with Crippen LogP contribution in [0.1, 0.15) is 22.7 Å². The van der Waals surface area contributed by atoms with Crippen molar-refractivity contribution in [2.75, 3.05) is 12.4 Å². The topological polar surface area (TPSA) is 32.3 Å². The number of nitrogens with one attached hydrogen (secondary N) is 1. The fraction of sp³-hybridized carbons (Fsp3) is 0.174. The molecule has 3 nitrogen and oxygen atoms in total. The number of anilines is 1. The van der Waals surface area contributed by atoms with E-state index >= 15 is 0 Å². The van der Waals surface area contributed by atoms with Crippen molar-refractivity contribution in [3.63, 3.8) is 0 Å². The predicted molar refractivity (Wildman–Crippen MR) is 122 cm³/mol. The summed E-state index contributed by atoms with van der Waals surface area (Å²) in [6.45, 7) is 0.279. The molecule has 0 aromatic heterocycles. The zero-order chi connectivity index (χ0) is 23.5. The van der Waals surface area contributed by atoms with Gasteiger partial charge in [0, 0.05) is 12.2 Å². The van der Waals surface area contributed by atoms with Crippen molar-refractivity contribution in [3.05, 3.63) is 98.5 Å². The van der Waals surface area contributed by atoms with Gasteiger partial charge in [-0.15, -0.1) is 0 Å². The third-order valence-corrected chi connectivity index (χ3v) is 5.98. The monoisotopic (exact) mass is 500 g/mol. The number of carbonyl (C=O) groups excluding carboxylic acids is 1. The van der Waals surface area contributed by atoms with Crippen LogP contribution in [0.4, 0.5) is 18.9 Å². The Kier molecular flexibility index (Phi) is 7.72. The second-order valence-corrected chi connectivity index (χ2v) is 8.32. The summed E-state index contributed by atoms with van der Waals surface area (Å²) in [5.74, 6) is -0.507. The van der Waals surface area contributed by atoms with Gasteiger partial charge in [0.15, 0.2) is 0 Å². The van der Waals surface area contributed by atoms with E-state index in [1.54, 1.807) is 60.5 Å². The van der Waals surface area contributed by atoms with Crippen LogP contribution in [0.25, 0.3) is 0 Å². The molecule has 0 bridgehead atoms. The van der Waals surface area contributed by atoms with Crippen molar-refractivity contribution in [2.45, 2.75) is 18.8 Å². The minimum Gasteiger partial charge on any atom is -0.324 e. The number of hydrogen-bond acceptors (Lipinski definition) is 2. The van der Waals surface area contributed by atoms with Crippen LogP contribution in [-0.4, -0.2) is 17.9 Å². The molecule has 9 heteroatoms. The first kappa shape index (κ1) is 24.4. The van der Waals surface area contributed by atoms with Gasteiger partial charge in [0.1, 0.15) is 6.04 Å². The third kappa shape index (κ3) is 5.75. The maximum atomic E-state index is 13.2. The number of carbonyl (C=O) groups is 1. The summed E-state index contributed by atoms with van der Waals surface area (Å²) in [4.78, 5) is 15.0. The van der Waals surface area contributed by atoms with E-state index in [4.69, 9.17) is 34.8 Å². The van der Waals surface area contributed by atoms with Crippen molar-refractivity contribution in [3.8, 4) is 0 Å². The van der Waals surface area contributed by atoms with Crippen LogP contribution in [0, 0.1) is 0 Å². The normalized spacial score (nSPS) is 12.6. The molecule has 32 heavy (non-hydrogen) atoms. The Bertz CT molecular complexity index is 1110. The SMILES string of the molecule is CN(Cc1cccc(Cl)c1Cl)C(C(=O)Nc1ccc(Cl)c(C(F)(F)F)c1)c1ccccc1. The molecule has 3 aromatic carbocycles. The van der Waals surface area contributed by atoms with Gasteiger partial charge in [-0.05, 0) is 42.4 Å². The lowest BCUT2D eigenvalue weighted by Gasteiger charge is -2.28. The molecule has 3 rings (SSSR count). The minimum absolute atomic E-state index is 0.0122. The first-order valence-electron chi connectivity index (χ1n) is 9.43. The zero-order valence-electron chi connectivity index (χ0n) is 16.8. The summed E-state index contributed by atoms with van der Waals surface area (Å²) in [5.41, 5.74) is 0.339. The molecule has 0 aliphatic heterocycles. The molecule has 0 aliphatic rings. The molecule has 0 radical (unpaired) electrons. The van der Waals surface area contributed by atoms with Gasteiger partial charge in [0.2, 0.25) is 5.91 Å². The highest BCUT2D eigenvalue weighted by Crippen LogP contribution is 2.36. The molecule has 168 valence electrons. The molecule has 0 aliphatic carbocycles. The molecule has 3 aromatic rings. The highest BCUT2D eigenvalue weighted by atomic mass is 35.5. The van der Waals surface area contributed by atoms with E-state index in [1.165, 1.54) is 6.07 Å². The highest BCUT2D eigenvalue weighted by Gasteiger charge is 2.34. The van der Waals surface area contributed by atoms with Crippen LogP contribution in [0.5, 0.6) is 0 Å². The Morgan fingerprint density at radius 3 is 2.31 bits per heavy atom. The number of amides is 1. The van der Waals surface area contributed by atoms with E-state index in [-0.39, 0.29) is 12.2 Å². The fourth-order valence-electron chi connectivity index (χ4n) is 3.30. The standard InChI is InChI=1S/C23H18Cl3F3N2O/c1-31(13-15-8-5-9-19(25)20(15)26)21(14-6-3-2-4-7-14)22(32)30-16-10-11-18(24)17(12-16)23(27,28)29/h2-12,21H,13H2,1H3,(H,30,32). The maximum absolute atomic E-state index is 13.2. The van der Waals surface area contributed by atoms with Gasteiger partial charge in [-0.3, -0.25) is 9.69 Å². The Morgan fingerprint density at radius 1 is 0.969 bits per heavy atom. The van der Waals surface area contributed by atoms with E-state index < -0.39 is 28.7 Å². The fourth-order valence-corrected chi connectivity index (χ4v) is 3.91. The van der Waals surface area contributed by atoms with Crippen molar-refractivity contribution in [2.24, 2.45) is 0 Å². The average molecular weight is 502 g/mol. The van der Waals surface area contributed by atoms with E-state index in [0.29, 0.717) is 21.2 Å². The highest BCUT2D eigenvalue weighted by molar-refractivity contribution is 6.42. The summed E-state index contributed by atoms with van der Waals surface area (Å²) in [6, 6.07) is 16.5. The summed E-state index contributed by atoms with van der Waals surface area (Å²) >= 11 is 18.1. The van der Waals surface area contributed by atoms with Crippen molar-refractivity contribution in [1.82, 2.24) is 4.90 Å². The summed E-state index contributed by atoms with van der Waals surface area (Å²) in [5, 5.41) is 2.90. The van der Waals surface area contributed by atoms with E-state index in [9.17, 15) is 18.0 Å². The molecule has 0 spiro atoms. The predicted octanol–water partition coefficient (Wildman–Crippen LogP) is 7.48. The lowest BCUT2D eigenvalue weighted by Crippen LogP contribution is -2.34. The van der Waals surface area contributed by atoms with Gasteiger partial charge >= 0.3 is 6.18 Å². The molecule has 0 heterocycles. The Labute approximate surface area is 198 Å². The van der Waals surface area contributed by atoms with Crippen LogP contribution >= 0.6 is 34.8 Å². The van der Waals surface area contributed by atoms with Gasteiger partial charge in [-0.2, -0.15) is 13.2 Å². The smallest absolute Gasteiger partial charge is 0.324 e. The number of likely N-dealkylation sites (N-methyl/N-ethyl adjacent to an activating group) is 1. The van der Waals surface area contributed by atoms with Crippen LogP contribution in [0.15, 0.2) is 66.7 Å². The second kappa shape index (κ2) is 10.1. The lowest BCUT2D eigenvalue weighted by atomic mass is 10.0. The minimum atomic E-state index is -4.64. The van der Waals surface area contributed by atoms with Crippen LogP contribution in [0.3, 0.4) is 0 Å². The Morgan fingerprint density at radius 2 is 1.66 bits per heavy atom. The van der Waals surface area contributed by atoms with Gasteiger partial charge in [0.25, 0.3) is 0 Å². The van der Waals surface area contributed by atoms with Crippen LogP contribution in [-0.2, 0) is 17.5 Å². The largest absolute Gasteiger partial charge is 0.417 e. The molecular weight excluding hydrogens is 484 g/mol. The number of halogens is 6. The second-order valence-electron chi connectivity index (χ2n) is 7.12. The van der Waals surface area contributed by atoms with Crippen LogP contribution < -0.4 is 5.32 Å². The van der Waals surface area contributed by atoms with Gasteiger partial charge in [-0.1, -0.05) is 77.3 Å². The van der Waals surface area contributed by atoms with Gasteiger partial charge in [-0.25, -0.2) is 0 Å². The molecular formula is C23H18Cl3F3N2O. The van der Waals surface area contributed by atoms with Crippen LogP contribution in [0.2, 0.25) is 15.1 Å². The number of benzene rings is 3. The molecule has 1 unspecified atom stereocenters. The number of hydrogen-bond donors (Lipinski definition) is 1. The molecule has 1 amide bonds. The van der Waals surface area contributed by atoms with E-state index in [2.05, 4.69) is 5.32 Å². The quantitative estimate of drug-likeness (QED) is 0.380. The molecule has 1 N–H and O–H groups in total. The first-order chi connectivity index (χ1) is 15.1. The molecule has 0 saturated carbocycles. The molecule has 0 fully saturated rings. The molecule has 0 saturated heterocycles. The van der Waals surface area contributed by atoms with Crippen molar-refractivity contribution < 1.29 is 18.0 Å². The Hall–Kier alpha value is -2.25. The molecule has 1 atom stereocenters. The maximum Gasteiger partial charge on any atom is 0.417 e. The average Bonchev–Trinajstić information content (AvgIpc) is 2.73. The number of nitrogens with zero attached hydrogens (tertiary/aromatic N) is 1. The summed E-state index contributed by atoms with van der Waals surface area (Å²) < 4.78 is 39.6. The number of rotatable bonds is 6. The first-order valence-corrected chi connectivity index (χ1v) is 10.6. The third-order valence-electron chi connectivity index (χ3n) is 4.80. The lowest BCUT2D eigenvalue weighted by molar-refractivity contribution is -0.137. The van der Waals surface area contributed by atoms with Crippen molar-refractivity contribution >= 4 is 46.4 Å². The van der Waals surface area contributed by atoms with E-state index in [0.717, 1.165) is 12.1 Å². The van der Waals surface area contributed by atoms with Gasteiger partial charge in [0.05, 0.1) is 20.6 Å². The van der Waals surface area contributed by atoms with Gasteiger partial charge < -0.3 is 5.32 Å². The zero-order valence-corrected chi connectivity index (χ0v) is 19.0. The van der Waals surface area contributed by atoms with E-state index in [1.807, 2.05) is 0 Å². The van der Waals surface area contributed by atoms with Crippen molar-refractivity contribution in [1.29, 1.82) is 0 Å². The summed E-state index contributed by atoms with van der Waals surface area (Å²) in [6.07, 6.45) is -4.64. The summed E-state index contributed by atoms with van der Waals surface area (Å²) in [7, 11) is 1.72. The number of alkyl halides is 3. The Balaban J connectivity index is 1.91.